The third-order valence-corrected chi connectivity index (χ3v) is 13.9. The molecular formula is C61H36O2. The number of hydrogen-bond donors (Lipinski definition) is 0. The maximum absolute atomic E-state index is 6.44. The summed E-state index contributed by atoms with van der Waals surface area (Å²) in [5.74, 6) is 0. The summed E-state index contributed by atoms with van der Waals surface area (Å²) in [6.45, 7) is 0. The van der Waals surface area contributed by atoms with Gasteiger partial charge in [-0.2, -0.15) is 0 Å². The van der Waals surface area contributed by atoms with Gasteiger partial charge in [-0.05, 0) is 149 Å². The molecule has 0 amide bonds. The van der Waals surface area contributed by atoms with Gasteiger partial charge in [-0.25, -0.2) is 0 Å². The van der Waals surface area contributed by atoms with E-state index in [0.717, 1.165) is 49.4 Å². The van der Waals surface area contributed by atoms with Crippen molar-refractivity contribution in [2.24, 2.45) is 0 Å². The number of rotatable bonds is 4. The first-order valence-electron chi connectivity index (χ1n) is 21.7. The zero-order valence-electron chi connectivity index (χ0n) is 34.1. The van der Waals surface area contributed by atoms with E-state index >= 15 is 0 Å². The van der Waals surface area contributed by atoms with Gasteiger partial charge in [0.05, 0.1) is 5.41 Å². The van der Waals surface area contributed by atoms with Crippen LogP contribution in [0.15, 0.2) is 227 Å². The van der Waals surface area contributed by atoms with E-state index in [0.29, 0.717) is 0 Å². The van der Waals surface area contributed by atoms with E-state index < -0.39 is 5.41 Å². The molecule has 0 bridgehead atoms. The van der Waals surface area contributed by atoms with Crippen molar-refractivity contribution < 1.29 is 8.83 Å². The lowest BCUT2D eigenvalue weighted by Crippen LogP contribution is -2.28. The minimum Gasteiger partial charge on any atom is -0.456 e. The first kappa shape index (κ1) is 34.5. The van der Waals surface area contributed by atoms with Gasteiger partial charge in [0, 0.05) is 21.5 Å². The fraction of sp³-hybridized carbons (Fsp3) is 0.0164. The molecule has 0 saturated heterocycles. The molecular weight excluding hydrogens is 765 g/mol. The summed E-state index contributed by atoms with van der Waals surface area (Å²) >= 11 is 0. The average Bonchev–Trinajstić information content (AvgIpc) is 3.99. The Bertz CT molecular complexity index is 3980. The molecule has 0 spiro atoms. The Hall–Kier alpha value is -8.20. The van der Waals surface area contributed by atoms with E-state index in [9.17, 15) is 0 Å². The monoisotopic (exact) mass is 800 g/mol. The maximum Gasteiger partial charge on any atom is 0.136 e. The molecule has 292 valence electrons. The molecule has 1 aliphatic carbocycles. The molecule has 14 rings (SSSR count). The summed E-state index contributed by atoms with van der Waals surface area (Å²) in [5, 5.41) is 11.8. The largest absolute Gasteiger partial charge is 0.456 e. The molecule has 0 fully saturated rings. The smallest absolute Gasteiger partial charge is 0.136 e. The molecule has 2 nitrogen and oxygen atoms in total. The summed E-state index contributed by atoms with van der Waals surface area (Å²) in [6, 6.07) is 80.2. The molecule has 0 aliphatic heterocycles. The van der Waals surface area contributed by atoms with Gasteiger partial charge in [-0.1, -0.05) is 158 Å². The summed E-state index contributed by atoms with van der Waals surface area (Å²) in [7, 11) is 0. The van der Waals surface area contributed by atoms with Gasteiger partial charge in [0.1, 0.15) is 22.3 Å². The van der Waals surface area contributed by atoms with Crippen LogP contribution in [0.5, 0.6) is 0 Å². The van der Waals surface area contributed by atoms with Crippen LogP contribution in [0.3, 0.4) is 0 Å². The van der Waals surface area contributed by atoms with Crippen molar-refractivity contribution in [3.63, 3.8) is 0 Å². The van der Waals surface area contributed by atoms with E-state index in [4.69, 9.17) is 8.83 Å². The van der Waals surface area contributed by atoms with Crippen molar-refractivity contribution in [3.8, 4) is 33.4 Å². The summed E-state index contributed by atoms with van der Waals surface area (Å²) < 4.78 is 12.8. The first-order valence-corrected chi connectivity index (χ1v) is 21.7. The van der Waals surface area contributed by atoms with Crippen LogP contribution in [-0.2, 0) is 5.41 Å². The molecule has 2 aromatic heterocycles. The topological polar surface area (TPSA) is 26.3 Å². The van der Waals surface area contributed by atoms with Gasteiger partial charge in [0.2, 0.25) is 0 Å². The molecule has 11 aromatic carbocycles. The zero-order valence-corrected chi connectivity index (χ0v) is 34.1. The normalized spacial score (nSPS) is 13.2. The highest BCUT2D eigenvalue weighted by atomic mass is 16.3. The number of furan rings is 2. The molecule has 2 heteroatoms. The molecule has 0 atom stereocenters. The van der Waals surface area contributed by atoms with Crippen LogP contribution in [0, 0.1) is 0 Å². The van der Waals surface area contributed by atoms with E-state index in [1.807, 2.05) is 0 Å². The summed E-state index contributed by atoms with van der Waals surface area (Å²) in [4.78, 5) is 0. The molecule has 13 aromatic rings. The molecule has 0 N–H and O–H groups in total. The predicted molar refractivity (Wildman–Crippen MR) is 262 cm³/mol. The van der Waals surface area contributed by atoms with Crippen molar-refractivity contribution in [3.05, 3.63) is 241 Å². The van der Waals surface area contributed by atoms with Crippen LogP contribution in [-0.4, -0.2) is 0 Å². The van der Waals surface area contributed by atoms with E-state index in [2.05, 4.69) is 218 Å². The zero-order chi connectivity index (χ0) is 41.2. The van der Waals surface area contributed by atoms with Crippen LogP contribution in [0.2, 0.25) is 0 Å². The van der Waals surface area contributed by atoms with Gasteiger partial charge >= 0.3 is 0 Å². The standard InChI is InChI=1S/C61H36O2/c1-3-15-46(16-4-1)61(47-17-5-2-6-18-47)55-34-44(43-23-28-57-52(33-43)54-31-38-12-8-10-14-40(38)36-59(54)63-57)20-25-49(55)50-26-21-45-29-41(19-24-48(45)60(50)61)42-22-27-56-51(32-42)53-30-37-11-7-9-13-39(37)35-58(53)62-56/h1-36H. The lowest BCUT2D eigenvalue weighted by atomic mass is 9.66. The lowest BCUT2D eigenvalue weighted by Gasteiger charge is -2.35. The van der Waals surface area contributed by atoms with Crippen molar-refractivity contribution in [2.45, 2.75) is 5.41 Å². The van der Waals surface area contributed by atoms with Crippen LogP contribution >= 0.6 is 0 Å². The third-order valence-electron chi connectivity index (χ3n) is 13.9. The Balaban J connectivity index is 0.968. The minimum atomic E-state index is -0.576. The van der Waals surface area contributed by atoms with Crippen LogP contribution in [0.1, 0.15) is 22.3 Å². The third kappa shape index (κ3) is 4.95. The Labute approximate surface area is 362 Å². The quantitative estimate of drug-likeness (QED) is 0.177. The average molecular weight is 801 g/mol. The Morgan fingerprint density at radius 3 is 1.29 bits per heavy atom. The van der Waals surface area contributed by atoms with E-state index in [1.54, 1.807) is 0 Å². The molecule has 0 radical (unpaired) electrons. The lowest BCUT2D eigenvalue weighted by molar-refractivity contribution is 0.669. The van der Waals surface area contributed by atoms with Gasteiger partial charge in [0.25, 0.3) is 0 Å². The maximum atomic E-state index is 6.44. The van der Waals surface area contributed by atoms with Crippen molar-refractivity contribution in [1.82, 2.24) is 0 Å². The Morgan fingerprint density at radius 2 is 0.714 bits per heavy atom. The highest BCUT2D eigenvalue weighted by molar-refractivity contribution is 6.13. The van der Waals surface area contributed by atoms with Crippen molar-refractivity contribution in [1.29, 1.82) is 0 Å². The highest BCUT2D eigenvalue weighted by Gasteiger charge is 2.47. The van der Waals surface area contributed by atoms with Crippen molar-refractivity contribution >= 4 is 76.2 Å². The Kier molecular flexibility index (Phi) is 7.07. The molecule has 2 heterocycles. The van der Waals surface area contributed by atoms with Crippen LogP contribution in [0.4, 0.5) is 0 Å². The summed E-state index contributed by atoms with van der Waals surface area (Å²) in [5.41, 5.74) is 15.4. The summed E-state index contributed by atoms with van der Waals surface area (Å²) in [6.07, 6.45) is 0. The minimum absolute atomic E-state index is 0.576. The van der Waals surface area contributed by atoms with Gasteiger partial charge in [-0.15, -0.1) is 0 Å². The van der Waals surface area contributed by atoms with Gasteiger partial charge < -0.3 is 8.83 Å². The number of benzene rings is 11. The second-order valence-electron chi connectivity index (χ2n) is 17.2. The number of hydrogen-bond acceptors (Lipinski definition) is 2. The fourth-order valence-electron chi connectivity index (χ4n) is 11.0. The SMILES string of the molecule is c1ccc(C2(c3ccccc3)c3cc(-c4ccc5oc6cc7ccccc7cc6c5c4)ccc3-c3ccc4cc(-c5ccc6oc7cc8ccccc8cc7c6c5)ccc4c32)cc1. The van der Waals surface area contributed by atoms with E-state index in [-0.39, 0.29) is 0 Å². The van der Waals surface area contributed by atoms with Crippen LogP contribution in [0.25, 0.3) is 110 Å². The van der Waals surface area contributed by atoms with Crippen LogP contribution < -0.4 is 0 Å². The Morgan fingerprint density at radius 1 is 0.270 bits per heavy atom. The molecule has 0 unspecified atom stereocenters. The predicted octanol–water partition coefficient (Wildman–Crippen LogP) is 16.6. The van der Waals surface area contributed by atoms with Crippen molar-refractivity contribution in [2.75, 3.05) is 0 Å². The second-order valence-corrected chi connectivity index (χ2v) is 17.2. The first-order chi connectivity index (χ1) is 31.2. The molecule has 0 saturated carbocycles. The fourth-order valence-corrected chi connectivity index (χ4v) is 11.0. The number of fused-ring (bicyclic) bond motifs is 13. The molecule has 1 aliphatic rings. The van der Waals surface area contributed by atoms with Gasteiger partial charge in [0.15, 0.2) is 0 Å². The van der Waals surface area contributed by atoms with E-state index in [1.165, 1.54) is 82.4 Å². The highest BCUT2D eigenvalue weighted by Crippen LogP contribution is 2.59. The molecule has 63 heavy (non-hydrogen) atoms. The second kappa shape index (κ2) is 12.9. The van der Waals surface area contributed by atoms with Gasteiger partial charge in [-0.3, -0.25) is 0 Å².